The lowest BCUT2D eigenvalue weighted by molar-refractivity contribution is -0.131. The zero-order chi connectivity index (χ0) is 28.0. The molecule has 3 amide bonds. The van der Waals surface area contributed by atoms with Crippen molar-refractivity contribution in [3.63, 3.8) is 0 Å². The third kappa shape index (κ3) is 6.80. The van der Waals surface area contributed by atoms with Crippen LogP contribution in [-0.4, -0.2) is 65.5 Å². The van der Waals surface area contributed by atoms with E-state index >= 15 is 0 Å². The molecule has 10 nitrogen and oxygen atoms in total. The first kappa shape index (κ1) is 28.9. The Kier molecular flexibility index (Phi) is 9.68. The van der Waals surface area contributed by atoms with Gasteiger partial charge in [0.05, 0.1) is 18.7 Å². The lowest BCUT2D eigenvalue weighted by Gasteiger charge is -2.25. The molecule has 0 radical (unpaired) electrons. The summed E-state index contributed by atoms with van der Waals surface area (Å²) in [5.74, 6) is -1.51. The van der Waals surface area contributed by atoms with Gasteiger partial charge in [-0.05, 0) is 50.3 Å². The first-order chi connectivity index (χ1) is 18.0. The first-order valence-corrected chi connectivity index (χ1v) is 12.9. The Labute approximate surface area is 222 Å². The van der Waals surface area contributed by atoms with E-state index in [0.29, 0.717) is 37.4 Å². The van der Waals surface area contributed by atoms with Gasteiger partial charge < -0.3 is 30.4 Å². The molecule has 206 valence electrons. The summed E-state index contributed by atoms with van der Waals surface area (Å²) in [6.45, 7) is 9.85. The number of nitrogens with one attached hydrogen (secondary N) is 3. The predicted octanol–water partition coefficient (Wildman–Crippen LogP) is 1.94. The van der Waals surface area contributed by atoms with E-state index in [-0.39, 0.29) is 18.2 Å². The van der Waals surface area contributed by atoms with Crippen LogP contribution >= 0.6 is 0 Å². The van der Waals surface area contributed by atoms with Gasteiger partial charge in [0.25, 0.3) is 5.91 Å². The summed E-state index contributed by atoms with van der Waals surface area (Å²) in [7, 11) is 1.56. The topological polar surface area (TPSA) is 139 Å². The number of Topliss-reactive ketones (excluding diaryl/α,β-unsaturated/α-hetero) is 1. The summed E-state index contributed by atoms with van der Waals surface area (Å²) in [5, 5.41) is 18.5. The number of carbonyl (C=O) groups excluding carboxylic acids is 4. The van der Waals surface area contributed by atoms with Crippen LogP contribution in [0.5, 0.6) is 5.75 Å². The average molecular weight is 527 g/mol. The van der Waals surface area contributed by atoms with Crippen LogP contribution < -0.4 is 20.7 Å². The molecule has 1 aromatic heterocycles. The van der Waals surface area contributed by atoms with E-state index in [9.17, 15) is 24.3 Å². The molecule has 10 heteroatoms. The molecule has 1 aliphatic heterocycles. The van der Waals surface area contributed by atoms with Gasteiger partial charge in [-0.15, -0.1) is 0 Å². The Bertz CT molecular complexity index is 1220. The molecule has 0 aliphatic carbocycles. The van der Waals surface area contributed by atoms with Gasteiger partial charge in [-0.1, -0.05) is 32.1 Å². The molecule has 3 atom stereocenters. The van der Waals surface area contributed by atoms with Gasteiger partial charge in [-0.25, -0.2) is 0 Å². The van der Waals surface area contributed by atoms with Crippen molar-refractivity contribution < 1.29 is 29.0 Å². The fourth-order valence-electron chi connectivity index (χ4n) is 4.81. The van der Waals surface area contributed by atoms with Crippen LogP contribution in [0, 0.1) is 11.8 Å². The Hall–Kier alpha value is -3.66. The number of ether oxygens (including phenoxy) is 1. The molecule has 2 heterocycles. The van der Waals surface area contributed by atoms with Gasteiger partial charge in [-0.2, -0.15) is 0 Å². The molecular weight excluding hydrogens is 488 g/mol. The number of ketones is 1. The van der Waals surface area contributed by atoms with Gasteiger partial charge in [0.15, 0.2) is 5.78 Å². The third-order valence-electron chi connectivity index (χ3n) is 6.66. The normalized spacial score (nSPS) is 16.7. The number of allylic oxidation sites excluding steroid dienone is 1. The lowest BCUT2D eigenvalue weighted by Crippen LogP contribution is -2.53. The SMILES string of the molecule is C=C(C)Cn1c(C(=O)N[C@H](CC(C)C)C(=O)N[C@@H](C[C@H]2CCNC2=O)C(=O)CO)cc2c(OC)cccc21. The molecule has 38 heavy (non-hydrogen) atoms. The zero-order valence-corrected chi connectivity index (χ0v) is 22.5. The van der Waals surface area contributed by atoms with Crippen LogP contribution in [0.1, 0.15) is 50.5 Å². The zero-order valence-electron chi connectivity index (χ0n) is 22.5. The maximum atomic E-state index is 13.6. The molecule has 0 saturated carbocycles. The van der Waals surface area contributed by atoms with Crippen molar-refractivity contribution in [1.29, 1.82) is 0 Å². The van der Waals surface area contributed by atoms with E-state index in [1.807, 2.05) is 43.5 Å². The molecule has 0 bridgehead atoms. The van der Waals surface area contributed by atoms with Crippen LogP contribution in [0.25, 0.3) is 10.9 Å². The summed E-state index contributed by atoms with van der Waals surface area (Å²) >= 11 is 0. The van der Waals surface area contributed by atoms with Crippen molar-refractivity contribution in [3.05, 3.63) is 42.1 Å². The van der Waals surface area contributed by atoms with Gasteiger partial charge in [0.1, 0.15) is 24.1 Å². The minimum absolute atomic E-state index is 0.0556. The minimum atomic E-state index is -1.04. The van der Waals surface area contributed by atoms with Crippen molar-refractivity contribution in [3.8, 4) is 5.75 Å². The summed E-state index contributed by atoms with van der Waals surface area (Å²) in [4.78, 5) is 51.4. The highest BCUT2D eigenvalue weighted by atomic mass is 16.5. The second kappa shape index (κ2) is 12.7. The van der Waals surface area contributed by atoms with E-state index in [2.05, 4.69) is 22.5 Å². The first-order valence-electron chi connectivity index (χ1n) is 12.9. The second-order valence-electron chi connectivity index (χ2n) is 10.3. The van der Waals surface area contributed by atoms with E-state index in [1.165, 1.54) is 0 Å². The Morgan fingerprint density at radius 1 is 1.24 bits per heavy atom. The Morgan fingerprint density at radius 2 is 1.97 bits per heavy atom. The lowest BCUT2D eigenvalue weighted by atomic mass is 9.95. The maximum Gasteiger partial charge on any atom is 0.268 e. The molecule has 2 aromatic rings. The van der Waals surface area contributed by atoms with Crippen LogP contribution in [0.4, 0.5) is 0 Å². The number of benzene rings is 1. The van der Waals surface area contributed by atoms with E-state index in [4.69, 9.17) is 4.74 Å². The number of nitrogens with zero attached hydrogens (tertiary/aromatic N) is 1. The van der Waals surface area contributed by atoms with Crippen LogP contribution in [0.2, 0.25) is 0 Å². The molecule has 1 aliphatic rings. The van der Waals surface area contributed by atoms with Crippen molar-refractivity contribution in [2.45, 2.75) is 58.7 Å². The predicted molar refractivity (Wildman–Crippen MR) is 144 cm³/mol. The molecule has 1 aromatic carbocycles. The average Bonchev–Trinajstić information content (AvgIpc) is 3.44. The minimum Gasteiger partial charge on any atom is -0.496 e. The molecule has 4 N–H and O–H groups in total. The number of rotatable bonds is 13. The van der Waals surface area contributed by atoms with E-state index in [0.717, 1.165) is 16.5 Å². The number of aliphatic hydroxyl groups excluding tert-OH is 1. The van der Waals surface area contributed by atoms with Crippen molar-refractivity contribution in [2.75, 3.05) is 20.3 Å². The summed E-state index contributed by atoms with van der Waals surface area (Å²) in [6.07, 6.45) is 0.963. The largest absolute Gasteiger partial charge is 0.496 e. The number of aliphatic hydroxyl groups is 1. The second-order valence-corrected chi connectivity index (χ2v) is 10.3. The van der Waals surface area contributed by atoms with Crippen LogP contribution in [0.3, 0.4) is 0 Å². The number of hydrogen-bond donors (Lipinski definition) is 4. The van der Waals surface area contributed by atoms with Crippen molar-refractivity contribution in [2.24, 2.45) is 11.8 Å². The quantitative estimate of drug-likeness (QED) is 0.294. The van der Waals surface area contributed by atoms with Crippen LogP contribution in [0.15, 0.2) is 36.4 Å². The van der Waals surface area contributed by atoms with Gasteiger partial charge in [-0.3, -0.25) is 19.2 Å². The summed E-state index contributed by atoms with van der Waals surface area (Å²) in [5.41, 5.74) is 1.99. The van der Waals surface area contributed by atoms with Crippen molar-refractivity contribution in [1.82, 2.24) is 20.5 Å². The summed E-state index contributed by atoms with van der Waals surface area (Å²) < 4.78 is 7.31. The van der Waals surface area contributed by atoms with E-state index in [1.54, 1.807) is 13.2 Å². The smallest absolute Gasteiger partial charge is 0.268 e. The van der Waals surface area contributed by atoms with Gasteiger partial charge in [0, 0.05) is 24.4 Å². The summed E-state index contributed by atoms with van der Waals surface area (Å²) in [6, 6.07) is 5.30. The third-order valence-corrected chi connectivity index (χ3v) is 6.66. The fraction of sp³-hybridized carbons (Fsp3) is 0.500. The maximum absolute atomic E-state index is 13.6. The molecule has 1 fully saturated rings. The molecule has 3 rings (SSSR count). The number of carbonyl (C=O) groups is 4. The number of methoxy groups -OCH3 is 1. The monoisotopic (exact) mass is 526 g/mol. The number of hydrogen-bond acceptors (Lipinski definition) is 6. The van der Waals surface area contributed by atoms with Gasteiger partial charge >= 0.3 is 0 Å². The standard InChI is InChI=1S/C28H38N4O6/c1-16(2)11-21(27(36)30-20(24(34)15-33)12-18-9-10-29-26(18)35)31-28(37)23-13-19-22(32(23)14-17(3)4)7-6-8-25(19)38-5/h6-8,13,16,18,20-21,33H,3,9-12,14-15H2,1-2,4-5H3,(H,29,35)(H,30,36)(H,31,37)/t18-,20+,21-/m1/s1. The number of aromatic nitrogens is 1. The highest BCUT2D eigenvalue weighted by Gasteiger charge is 2.33. The Balaban J connectivity index is 1.87. The molecule has 1 saturated heterocycles. The Morgan fingerprint density at radius 3 is 2.55 bits per heavy atom. The van der Waals surface area contributed by atoms with Crippen LogP contribution in [-0.2, 0) is 20.9 Å². The van der Waals surface area contributed by atoms with E-state index < -0.39 is 42.2 Å². The highest BCUT2D eigenvalue weighted by Crippen LogP contribution is 2.29. The fourth-order valence-corrected chi connectivity index (χ4v) is 4.81. The highest BCUT2D eigenvalue weighted by molar-refractivity contribution is 6.02. The molecule has 0 spiro atoms. The number of amides is 3. The number of fused-ring (bicyclic) bond motifs is 1. The van der Waals surface area contributed by atoms with Gasteiger partial charge in [0.2, 0.25) is 11.8 Å². The molecular formula is C28H38N4O6. The van der Waals surface area contributed by atoms with Crippen molar-refractivity contribution >= 4 is 34.4 Å². The molecule has 0 unspecified atom stereocenters.